The number of aliphatic carboxylic acids is 1. The SMILES string of the molecule is O=C([O-])C[C@@]1(O)CC(=O)N(c2ccccc2)C1=O. The predicted octanol–water partition coefficient (Wildman–Crippen LogP) is -1.18. The van der Waals surface area contributed by atoms with Crippen molar-refractivity contribution in [1.82, 2.24) is 0 Å². The number of rotatable bonds is 3. The van der Waals surface area contributed by atoms with Crippen molar-refractivity contribution in [2.45, 2.75) is 18.4 Å². The summed E-state index contributed by atoms with van der Waals surface area (Å²) in [6.45, 7) is 0. The van der Waals surface area contributed by atoms with E-state index in [1.807, 2.05) is 0 Å². The fraction of sp³-hybridized carbons (Fsp3) is 0.250. The first kappa shape index (κ1) is 12.3. The van der Waals surface area contributed by atoms with Crippen molar-refractivity contribution in [3.05, 3.63) is 30.3 Å². The van der Waals surface area contributed by atoms with Crippen LogP contribution in [-0.4, -0.2) is 28.5 Å². The van der Waals surface area contributed by atoms with Crippen molar-refractivity contribution in [2.75, 3.05) is 4.90 Å². The number of carbonyl (C=O) groups is 3. The van der Waals surface area contributed by atoms with Gasteiger partial charge in [0, 0.05) is 12.4 Å². The molecular formula is C12H10NO5-. The van der Waals surface area contributed by atoms with Crippen molar-refractivity contribution in [3.63, 3.8) is 0 Å². The van der Waals surface area contributed by atoms with E-state index in [1.165, 1.54) is 12.1 Å². The number of benzene rings is 1. The number of carboxylic acid groups (broad SMARTS) is 1. The van der Waals surface area contributed by atoms with Crippen molar-refractivity contribution in [1.29, 1.82) is 0 Å². The summed E-state index contributed by atoms with van der Waals surface area (Å²) in [6, 6.07) is 8.03. The molecule has 1 saturated heterocycles. The molecule has 6 nitrogen and oxygen atoms in total. The summed E-state index contributed by atoms with van der Waals surface area (Å²) >= 11 is 0. The number of nitrogens with zero attached hydrogens (tertiary/aromatic N) is 1. The van der Waals surface area contributed by atoms with Gasteiger partial charge in [0.15, 0.2) is 5.60 Å². The lowest BCUT2D eigenvalue weighted by molar-refractivity contribution is -0.308. The highest BCUT2D eigenvalue weighted by molar-refractivity contribution is 6.24. The average molecular weight is 248 g/mol. The van der Waals surface area contributed by atoms with Gasteiger partial charge >= 0.3 is 0 Å². The van der Waals surface area contributed by atoms with Gasteiger partial charge < -0.3 is 15.0 Å². The molecule has 0 aromatic heterocycles. The fourth-order valence-corrected chi connectivity index (χ4v) is 1.94. The molecule has 6 heteroatoms. The minimum absolute atomic E-state index is 0.307. The molecule has 1 fully saturated rings. The summed E-state index contributed by atoms with van der Waals surface area (Å²) in [5.74, 6) is -3.13. The molecule has 2 rings (SSSR count). The third kappa shape index (κ3) is 1.98. The smallest absolute Gasteiger partial charge is 0.266 e. The van der Waals surface area contributed by atoms with Crippen LogP contribution in [0.25, 0.3) is 0 Å². The minimum atomic E-state index is -2.20. The summed E-state index contributed by atoms with van der Waals surface area (Å²) in [7, 11) is 0. The molecule has 1 atom stereocenters. The Balaban J connectivity index is 2.33. The van der Waals surface area contributed by atoms with Crippen molar-refractivity contribution < 1.29 is 24.6 Å². The van der Waals surface area contributed by atoms with Crippen LogP contribution in [0.5, 0.6) is 0 Å². The quantitative estimate of drug-likeness (QED) is 0.679. The lowest BCUT2D eigenvalue weighted by Crippen LogP contribution is -2.44. The van der Waals surface area contributed by atoms with E-state index in [0.29, 0.717) is 5.69 Å². The van der Waals surface area contributed by atoms with E-state index >= 15 is 0 Å². The Labute approximate surface area is 102 Å². The zero-order chi connectivity index (χ0) is 13.3. The van der Waals surface area contributed by atoms with E-state index in [0.717, 1.165) is 4.90 Å². The monoisotopic (exact) mass is 248 g/mol. The van der Waals surface area contributed by atoms with Gasteiger partial charge in [-0.3, -0.25) is 9.59 Å². The number of hydrogen-bond donors (Lipinski definition) is 1. The molecule has 1 N–H and O–H groups in total. The van der Waals surface area contributed by atoms with Crippen LogP contribution in [0.3, 0.4) is 0 Å². The van der Waals surface area contributed by atoms with Gasteiger partial charge in [-0.25, -0.2) is 4.90 Å². The first-order chi connectivity index (χ1) is 8.44. The lowest BCUT2D eigenvalue weighted by Gasteiger charge is -2.21. The second kappa shape index (κ2) is 4.23. The molecule has 1 aliphatic heterocycles. The van der Waals surface area contributed by atoms with Crippen molar-refractivity contribution in [2.24, 2.45) is 0 Å². The molecule has 0 bridgehead atoms. The zero-order valence-electron chi connectivity index (χ0n) is 9.33. The topological polar surface area (TPSA) is 97.7 Å². The lowest BCUT2D eigenvalue weighted by atomic mass is 9.98. The molecule has 1 heterocycles. The molecule has 18 heavy (non-hydrogen) atoms. The van der Waals surface area contributed by atoms with Gasteiger partial charge in [-0.2, -0.15) is 0 Å². The van der Waals surface area contributed by atoms with Gasteiger partial charge in [-0.15, -0.1) is 0 Å². The van der Waals surface area contributed by atoms with E-state index < -0.39 is 36.2 Å². The third-order valence-electron chi connectivity index (χ3n) is 2.75. The van der Waals surface area contributed by atoms with Crippen molar-refractivity contribution in [3.8, 4) is 0 Å². The maximum Gasteiger partial charge on any atom is 0.266 e. The summed E-state index contributed by atoms with van der Waals surface area (Å²) in [5, 5.41) is 20.4. The molecule has 1 aromatic carbocycles. The van der Waals surface area contributed by atoms with Gasteiger partial charge in [0.2, 0.25) is 5.91 Å². The van der Waals surface area contributed by atoms with Crippen LogP contribution in [0, 0.1) is 0 Å². The molecule has 1 aromatic rings. The van der Waals surface area contributed by atoms with E-state index in [2.05, 4.69) is 0 Å². The van der Waals surface area contributed by atoms with Crippen LogP contribution in [0.2, 0.25) is 0 Å². The third-order valence-corrected chi connectivity index (χ3v) is 2.75. The normalized spacial score (nSPS) is 23.5. The molecule has 1 aliphatic rings. The number of amides is 2. The Kier molecular flexibility index (Phi) is 2.88. The summed E-state index contributed by atoms with van der Waals surface area (Å²) in [5.41, 5.74) is -1.90. The molecule has 0 unspecified atom stereocenters. The first-order valence-corrected chi connectivity index (χ1v) is 5.29. The van der Waals surface area contributed by atoms with Gasteiger partial charge in [0.1, 0.15) is 0 Å². The molecule has 0 aliphatic carbocycles. The molecule has 0 saturated carbocycles. The zero-order valence-corrected chi connectivity index (χ0v) is 9.33. The van der Waals surface area contributed by atoms with Gasteiger partial charge in [0.05, 0.1) is 12.1 Å². The Morgan fingerprint density at radius 3 is 2.50 bits per heavy atom. The summed E-state index contributed by atoms with van der Waals surface area (Å²) < 4.78 is 0. The summed E-state index contributed by atoms with van der Waals surface area (Å²) in [4.78, 5) is 34.9. The van der Waals surface area contributed by atoms with Crippen LogP contribution in [0.15, 0.2) is 30.3 Å². The second-order valence-electron chi connectivity index (χ2n) is 4.13. The largest absolute Gasteiger partial charge is 0.550 e. The van der Waals surface area contributed by atoms with Crippen LogP contribution in [0.4, 0.5) is 5.69 Å². The number of imide groups is 1. The number of anilines is 1. The fourth-order valence-electron chi connectivity index (χ4n) is 1.94. The Morgan fingerprint density at radius 1 is 1.33 bits per heavy atom. The summed E-state index contributed by atoms with van der Waals surface area (Å²) in [6.07, 6.45) is -1.43. The Hall–Kier alpha value is -2.21. The highest BCUT2D eigenvalue weighted by atomic mass is 16.4. The minimum Gasteiger partial charge on any atom is -0.550 e. The Bertz CT molecular complexity index is 512. The number of aliphatic hydroxyl groups is 1. The number of hydrogen-bond acceptors (Lipinski definition) is 5. The molecular weight excluding hydrogens is 238 g/mol. The van der Waals surface area contributed by atoms with E-state index in [4.69, 9.17) is 0 Å². The first-order valence-electron chi connectivity index (χ1n) is 5.29. The highest BCUT2D eigenvalue weighted by Gasteiger charge is 2.50. The van der Waals surface area contributed by atoms with Crippen molar-refractivity contribution >= 4 is 23.5 Å². The van der Waals surface area contributed by atoms with Gasteiger partial charge in [-0.1, -0.05) is 18.2 Å². The second-order valence-corrected chi connectivity index (χ2v) is 4.13. The van der Waals surface area contributed by atoms with Crippen LogP contribution in [-0.2, 0) is 14.4 Å². The van der Waals surface area contributed by atoms with E-state index in [9.17, 15) is 24.6 Å². The maximum absolute atomic E-state index is 11.9. The standard InChI is InChI=1S/C12H11NO5/c14-9-6-12(18,7-10(15)16)11(17)13(9)8-4-2-1-3-5-8/h1-5,18H,6-7H2,(H,15,16)/p-1/t12-/m0/s1. The molecule has 2 amide bonds. The number of para-hydroxylation sites is 1. The Morgan fingerprint density at radius 2 is 1.94 bits per heavy atom. The molecule has 0 spiro atoms. The molecule has 94 valence electrons. The van der Waals surface area contributed by atoms with Crippen LogP contribution < -0.4 is 10.0 Å². The maximum atomic E-state index is 11.9. The predicted molar refractivity (Wildman–Crippen MR) is 58.1 cm³/mol. The van der Waals surface area contributed by atoms with Crippen LogP contribution in [0.1, 0.15) is 12.8 Å². The van der Waals surface area contributed by atoms with Gasteiger partial charge in [-0.05, 0) is 12.1 Å². The number of carbonyl (C=O) groups excluding carboxylic acids is 3. The highest BCUT2D eigenvalue weighted by Crippen LogP contribution is 2.31. The average Bonchev–Trinajstić information content (AvgIpc) is 2.49. The van der Waals surface area contributed by atoms with E-state index in [1.54, 1.807) is 18.2 Å². The van der Waals surface area contributed by atoms with E-state index in [-0.39, 0.29) is 0 Å². The molecule has 0 radical (unpaired) electrons. The van der Waals surface area contributed by atoms with Crippen LogP contribution >= 0.6 is 0 Å². The van der Waals surface area contributed by atoms with Gasteiger partial charge in [0.25, 0.3) is 5.91 Å². The number of carboxylic acids is 1.